The van der Waals surface area contributed by atoms with Crippen LogP contribution in [0.5, 0.6) is 0 Å². The Labute approximate surface area is 135 Å². The van der Waals surface area contributed by atoms with Crippen molar-refractivity contribution in [3.05, 3.63) is 39.8 Å². The number of thiazole rings is 1. The van der Waals surface area contributed by atoms with E-state index in [1.807, 2.05) is 45.2 Å². The van der Waals surface area contributed by atoms with Gasteiger partial charge in [0.15, 0.2) is 0 Å². The molecule has 0 aliphatic heterocycles. The van der Waals surface area contributed by atoms with Crippen LogP contribution in [0.1, 0.15) is 22.5 Å². The van der Waals surface area contributed by atoms with Crippen LogP contribution in [0.4, 0.5) is 16.2 Å². The Bertz CT molecular complexity index is 653. The molecule has 0 fully saturated rings. The molecule has 2 rings (SSSR count). The summed E-state index contributed by atoms with van der Waals surface area (Å²) in [6.45, 7) is 7.38. The molecule has 6 heteroatoms. The Morgan fingerprint density at radius 2 is 2.05 bits per heavy atom. The monoisotopic (exact) mass is 318 g/mol. The van der Waals surface area contributed by atoms with Crippen LogP contribution in [-0.2, 0) is 6.54 Å². The number of nitrogens with zero attached hydrogens (tertiary/aromatic N) is 2. The molecule has 5 nitrogen and oxygen atoms in total. The van der Waals surface area contributed by atoms with E-state index in [1.165, 1.54) is 0 Å². The van der Waals surface area contributed by atoms with E-state index in [9.17, 15) is 4.79 Å². The second-order valence-corrected chi connectivity index (χ2v) is 6.37. The predicted octanol–water partition coefficient (Wildman–Crippen LogP) is 3.54. The average Bonchev–Trinajstić information content (AvgIpc) is 2.83. The topological polar surface area (TPSA) is 57.3 Å². The normalized spacial score (nSPS) is 10.4. The first-order valence-corrected chi connectivity index (χ1v) is 8.10. The highest BCUT2D eigenvalue weighted by Crippen LogP contribution is 2.24. The average molecular weight is 318 g/mol. The summed E-state index contributed by atoms with van der Waals surface area (Å²) in [6, 6.07) is 7.58. The molecule has 0 atom stereocenters. The Hall–Kier alpha value is -2.08. The SMILES string of the molecule is CCN(C)c1ccccc1NC(=O)NCc1sc(C)nc1C. The van der Waals surface area contributed by atoms with Gasteiger partial charge in [-0.05, 0) is 32.9 Å². The van der Waals surface area contributed by atoms with Crippen molar-refractivity contribution in [2.45, 2.75) is 27.3 Å². The van der Waals surface area contributed by atoms with E-state index in [0.29, 0.717) is 6.54 Å². The second kappa shape index (κ2) is 7.26. The summed E-state index contributed by atoms with van der Waals surface area (Å²) >= 11 is 1.61. The van der Waals surface area contributed by atoms with Crippen LogP contribution >= 0.6 is 11.3 Å². The molecule has 0 saturated carbocycles. The first kappa shape index (κ1) is 16.3. The van der Waals surface area contributed by atoms with Crippen molar-refractivity contribution >= 4 is 28.7 Å². The summed E-state index contributed by atoms with van der Waals surface area (Å²) in [7, 11) is 2.00. The minimum atomic E-state index is -0.206. The molecule has 1 heterocycles. The van der Waals surface area contributed by atoms with Crippen molar-refractivity contribution in [2.24, 2.45) is 0 Å². The van der Waals surface area contributed by atoms with Gasteiger partial charge in [-0.15, -0.1) is 11.3 Å². The van der Waals surface area contributed by atoms with Gasteiger partial charge in [-0.25, -0.2) is 9.78 Å². The van der Waals surface area contributed by atoms with Gasteiger partial charge in [0, 0.05) is 18.5 Å². The highest BCUT2D eigenvalue weighted by molar-refractivity contribution is 7.11. The third-order valence-electron chi connectivity index (χ3n) is 3.45. The minimum Gasteiger partial charge on any atom is -0.373 e. The fraction of sp³-hybridized carbons (Fsp3) is 0.375. The van der Waals surface area contributed by atoms with Crippen molar-refractivity contribution in [3.63, 3.8) is 0 Å². The molecule has 2 N–H and O–H groups in total. The number of aryl methyl sites for hydroxylation is 2. The van der Waals surface area contributed by atoms with Crippen molar-refractivity contribution in [3.8, 4) is 0 Å². The molecular weight excluding hydrogens is 296 g/mol. The molecular formula is C16H22N4OS. The minimum absolute atomic E-state index is 0.206. The molecule has 0 radical (unpaired) electrons. The summed E-state index contributed by atoms with van der Waals surface area (Å²) in [5.41, 5.74) is 2.79. The fourth-order valence-electron chi connectivity index (χ4n) is 2.15. The third-order valence-corrected chi connectivity index (χ3v) is 4.52. The van der Waals surface area contributed by atoms with E-state index in [2.05, 4.69) is 27.4 Å². The van der Waals surface area contributed by atoms with Gasteiger partial charge in [0.05, 0.1) is 28.6 Å². The van der Waals surface area contributed by atoms with E-state index in [4.69, 9.17) is 0 Å². The van der Waals surface area contributed by atoms with Gasteiger partial charge in [0.25, 0.3) is 0 Å². The van der Waals surface area contributed by atoms with Gasteiger partial charge in [-0.1, -0.05) is 12.1 Å². The highest BCUT2D eigenvalue weighted by Gasteiger charge is 2.10. The smallest absolute Gasteiger partial charge is 0.319 e. The Kier molecular flexibility index (Phi) is 5.38. The van der Waals surface area contributed by atoms with E-state index >= 15 is 0 Å². The van der Waals surface area contributed by atoms with E-state index in [0.717, 1.165) is 33.5 Å². The lowest BCUT2D eigenvalue weighted by molar-refractivity contribution is 0.252. The number of nitrogens with one attached hydrogen (secondary N) is 2. The Balaban J connectivity index is 1.99. The number of carbonyl (C=O) groups excluding carboxylic acids is 1. The maximum atomic E-state index is 12.1. The molecule has 0 saturated heterocycles. The van der Waals surface area contributed by atoms with Gasteiger partial charge in [-0.3, -0.25) is 0 Å². The van der Waals surface area contributed by atoms with E-state index < -0.39 is 0 Å². The molecule has 1 aromatic heterocycles. The van der Waals surface area contributed by atoms with Crippen molar-refractivity contribution < 1.29 is 4.79 Å². The van der Waals surface area contributed by atoms with Crippen molar-refractivity contribution in [1.29, 1.82) is 0 Å². The molecule has 1 aromatic carbocycles. The summed E-state index contributed by atoms with van der Waals surface area (Å²) < 4.78 is 0. The van der Waals surface area contributed by atoms with E-state index in [1.54, 1.807) is 11.3 Å². The zero-order chi connectivity index (χ0) is 16.1. The molecule has 0 aliphatic carbocycles. The first-order valence-electron chi connectivity index (χ1n) is 7.29. The lowest BCUT2D eigenvalue weighted by Gasteiger charge is -2.20. The quantitative estimate of drug-likeness (QED) is 0.886. The molecule has 0 spiro atoms. The molecule has 118 valence electrons. The lowest BCUT2D eigenvalue weighted by Crippen LogP contribution is -2.29. The van der Waals surface area contributed by atoms with Crippen LogP contribution in [-0.4, -0.2) is 24.6 Å². The number of para-hydroxylation sites is 2. The second-order valence-electron chi connectivity index (χ2n) is 5.08. The highest BCUT2D eigenvalue weighted by atomic mass is 32.1. The molecule has 22 heavy (non-hydrogen) atoms. The first-order chi connectivity index (χ1) is 10.5. The third kappa shape index (κ3) is 3.98. The van der Waals surface area contributed by atoms with Gasteiger partial charge in [0.1, 0.15) is 0 Å². The largest absolute Gasteiger partial charge is 0.373 e. The van der Waals surface area contributed by atoms with Crippen LogP contribution in [0.15, 0.2) is 24.3 Å². The standard InChI is InChI=1S/C16H22N4OS/c1-5-20(4)14-9-7-6-8-13(14)19-16(21)17-10-15-11(2)18-12(3)22-15/h6-9H,5,10H2,1-4H3,(H2,17,19,21). The maximum absolute atomic E-state index is 12.1. The number of hydrogen-bond donors (Lipinski definition) is 2. The van der Waals surface area contributed by atoms with Crippen LogP contribution in [0.2, 0.25) is 0 Å². The predicted molar refractivity (Wildman–Crippen MR) is 92.8 cm³/mol. The number of aromatic nitrogens is 1. The maximum Gasteiger partial charge on any atom is 0.319 e. The van der Waals surface area contributed by atoms with Crippen LogP contribution in [0.25, 0.3) is 0 Å². The number of rotatable bonds is 5. The summed E-state index contributed by atoms with van der Waals surface area (Å²) in [5, 5.41) is 6.82. The number of urea groups is 1. The van der Waals surface area contributed by atoms with Crippen LogP contribution in [0.3, 0.4) is 0 Å². The van der Waals surface area contributed by atoms with Gasteiger partial charge in [-0.2, -0.15) is 0 Å². The van der Waals surface area contributed by atoms with E-state index in [-0.39, 0.29) is 6.03 Å². The summed E-state index contributed by atoms with van der Waals surface area (Å²) in [6.07, 6.45) is 0. The number of anilines is 2. The molecule has 0 unspecified atom stereocenters. The molecule has 0 aliphatic rings. The molecule has 0 bridgehead atoms. The number of amides is 2. The number of hydrogen-bond acceptors (Lipinski definition) is 4. The molecule has 2 amide bonds. The van der Waals surface area contributed by atoms with Crippen LogP contribution in [0, 0.1) is 13.8 Å². The van der Waals surface area contributed by atoms with Crippen molar-refractivity contribution in [2.75, 3.05) is 23.8 Å². The Morgan fingerprint density at radius 3 is 2.68 bits per heavy atom. The zero-order valence-corrected chi connectivity index (χ0v) is 14.3. The van der Waals surface area contributed by atoms with Gasteiger partial charge >= 0.3 is 6.03 Å². The number of carbonyl (C=O) groups is 1. The number of benzene rings is 1. The summed E-state index contributed by atoms with van der Waals surface area (Å²) in [4.78, 5) is 19.7. The zero-order valence-electron chi connectivity index (χ0n) is 13.4. The van der Waals surface area contributed by atoms with Crippen LogP contribution < -0.4 is 15.5 Å². The summed E-state index contributed by atoms with van der Waals surface area (Å²) in [5.74, 6) is 0. The van der Waals surface area contributed by atoms with Gasteiger partial charge in [0.2, 0.25) is 0 Å². The Morgan fingerprint density at radius 1 is 1.32 bits per heavy atom. The lowest BCUT2D eigenvalue weighted by atomic mass is 10.2. The van der Waals surface area contributed by atoms with Gasteiger partial charge < -0.3 is 15.5 Å². The molecule has 2 aromatic rings. The van der Waals surface area contributed by atoms with Crippen molar-refractivity contribution in [1.82, 2.24) is 10.3 Å². The fourth-order valence-corrected chi connectivity index (χ4v) is 3.02.